The van der Waals surface area contributed by atoms with E-state index in [0.717, 1.165) is 0 Å². The highest BCUT2D eigenvalue weighted by molar-refractivity contribution is 5.71. The number of aromatic hydroxyl groups is 1. The molecule has 1 aromatic heterocycles. The molecule has 1 unspecified atom stereocenters. The zero-order valence-corrected chi connectivity index (χ0v) is 16.3. The predicted octanol–water partition coefficient (Wildman–Crippen LogP) is 3.59. The highest BCUT2D eigenvalue weighted by atomic mass is 19.4. The Bertz CT molecular complexity index is 1090. The lowest BCUT2D eigenvalue weighted by molar-refractivity contribution is -0.274. The molecular formula is C21H19F3N2O5. The van der Waals surface area contributed by atoms with Crippen LogP contribution in [0, 0.1) is 0 Å². The maximum absolute atomic E-state index is 12.6. The summed E-state index contributed by atoms with van der Waals surface area (Å²) in [4.78, 5) is 24.5. The number of phenolic OH excluding ortho intramolecular Hbond substituents is 1. The minimum atomic E-state index is -4.79. The lowest BCUT2D eigenvalue weighted by atomic mass is 9.87. The van der Waals surface area contributed by atoms with Crippen molar-refractivity contribution in [3.63, 3.8) is 0 Å². The second kappa shape index (κ2) is 8.99. The third-order valence-corrected chi connectivity index (χ3v) is 4.68. The third-order valence-electron chi connectivity index (χ3n) is 4.68. The van der Waals surface area contributed by atoms with E-state index >= 15 is 0 Å². The van der Waals surface area contributed by atoms with E-state index in [-0.39, 0.29) is 24.3 Å². The monoisotopic (exact) mass is 436 g/mol. The first-order valence-corrected chi connectivity index (χ1v) is 9.16. The van der Waals surface area contributed by atoms with Crippen molar-refractivity contribution in [3.05, 3.63) is 81.3 Å². The fourth-order valence-corrected chi connectivity index (χ4v) is 3.27. The molecule has 7 nitrogen and oxygen atoms in total. The van der Waals surface area contributed by atoms with Crippen molar-refractivity contribution >= 4 is 5.97 Å². The smallest absolute Gasteiger partial charge is 0.508 e. The van der Waals surface area contributed by atoms with Gasteiger partial charge in [0, 0.05) is 23.6 Å². The molecule has 0 saturated carbocycles. The molecule has 0 amide bonds. The van der Waals surface area contributed by atoms with Crippen LogP contribution >= 0.6 is 0 Å². The Morgan fingerprint density at radius 3 is 2.29 bits per heavy atom. The van der Waals surface area contributed by atoms with E-state index in [4.69, 9.17) is 4.74 Å². The van der Waals surface area contributed by atoms with Crippen molar-refractivity contribution in [2.24, 2.45) is 0 Å². The molecule has 0 radical (unpaired) electrons. The molecule has 0 aliphatic carbocycles. The summed E-state index contributed by atoms with van der Waals surface area (Å²) < 4.78 is 45.6. The second-order valence-corrected chi connectivity index (χ2v) is 6.76. The summed E-state index contributed by atoms with van der Waals surface area (Å²) in [5, 5.41) is 14.8. The molecule has 0 aliphatic rings. The number of phenols is 1. The summed E-state index contributed by atoms with van der Waals surface area (Å²) in [6.45, 7) is 0. The number of ether oxygens (including phenoxy) is 2. The number of hydrogen-bond donors (Lipinski definition) is 3. The summed E-state index contributed by atoms with van der Waals surface area (Å²) in [5.41, 5.74) is 1.56. The van der Waals surface area contributed by atoms with E-state index in [2.05, 4.69) is 14.9 Å². The van der Waals surface area contributed by atoms with Gasteiger partial charge in [-0.15, -0.1) is 13.2 Å². The van der Waals surface area contributed by atoms with Crippen LogP contribution in [0.5, 0.6) is 11.5 Å². The van der Waals surface area contributed by atoms with E-state index in [0.29, 0.717) is 22.4 Å². The maximum Gasteiger partial charge on any atom is 0.573 e. The largest absolute Gasteiger partial charge is 0.573 e. The number of aromatic amines is 2. The fraction of sp³-hybridized carbons (Fsp3) is 0.238. The van der Waals surface area contributed by atoms with Gasteiger partial charge < -0.3 is 19.7 Å². The first-order valence-electron chi connectivity index (χ1n) is 9.16. The average Bonchev–Trinajstić information content (AvgIpc) is 3.07. The Labute approximate surface area is 174 Å². The third kappa shape index (κ3) is 5.68. The van der Waals surface area contributed by atoms with Gasteiger partial charge >= 0.3 is 12.3 Å². The van der Waals surface area contributed by atoms with Crippen LogP contribution in [0.3, 0.4) is 0 Å². The van der Waals surface area contributed by atoms with E-state index in [1.807, 2.05) is 0 Å². The summed E-state index contributed by atoms with van der Waals surface area (Å²) in [5.74, 6) is -1.51. The van der Waals surface area contributed by atoms with Gasteiger partial charge in [-0.3, -0.25) is 14.7 Å². The molecule has 0 spiro atoms. The predicted molar refractivity (Wildman–Crippen MR) is 104 cm³/mol. The van der Waals surface area contributed by atoms with Gasteiger partial charge in [0.15, 0.2) is 0 Å². The Balaban J connectivity index is 1.92. The Morgan fingerprint density at radius 2 is 1.71 bits per heavy atom. The summed E-state index contributed by atoms with van der Waals surface area (Å²) in [6, 6.07) is 11.3. The Hall–Kier alpha value is -3.69. The van der Waals surface area contributed by atoms with Crippen LogP contribution < -0.4 is 10.3 Å². The molecule has 0 aliphatic heterocycles. The molecule has 3 N–H and O–H groups in total. The van der Waals surface area contributed by atoms with Gasteiger partial charge in [-0.25, -0.2) is 0 Å². The Kier molecular flexibility index (Phi) is 6.38. The number of carbonyl (C=O) groups excluding carboxylic acids is 1. The first kappa shape index (κ1) is 22.0. The van der Waals surface area contributed by atoms with Crippen molar-refractivity contribution in [1.29, 1.82) is 0 Å². The molecule has 0 bridgehead atoms. The average molecular weight is 436 g/mol. The molecule has 3 rings (SSSR count). The van der Waals surface area contributed by atoms with Gasteiger partial charge in [-0.05, 0) is 35.4 Å². The lowest BCUT2D eigenvalue weighted by Gasteiger charge is -2.16. The van der Waals surface area contributed by atoms with Crippen LogP contribution in [0.25, 0.3) is 0 Å². The topological polar surface area (TPSA) is 104 Å². The molecule has 10 heteroatoms. The van der Waals surface area contributed by atoms with Crippen molar-refractivity contribution < 1.29 is 32.5 Å². The van der Waals surface area contributed by atoms with E-state index in [1.165, 1.54) is 43.5 Å². The number of alkyl halides is 3. The quantitative estimate of drug-likeness (QED) is 0.491. The molecule has 164 valence electrons. The van der Waals surface area contributed by atoms with Crippen molar-refractivity contribution in [2.75, 3.05) is 7.11 Å². The van der Waals surface area contributed by atoms with Crippen molar-refractivity contribution in [3.8, 4) is 11.5 Å². The van der Waals surface area contributed by atoms with Crippen LogP contribution in [0.15, 0.2) is 53.3 Å². The number of halogens is 3. The standard InChI is InChI=1S/C21H19F3N2O5/c1-30-18(28)11-16(13-4-6-14(27)7-5-13)19-17(25-26-20(19)29)10-12-2-8-15(9-3-12)31-21(22,23)24/h2-9,16,27H,10-11H2,1H3,(H2,25,26,29). The molecule has 31 heavy (non-hydrogen) atoms. The van der Waals surface area contributed by atoms with Crippen LogP contribution in [-0.2, 0) is 16.0 Å². The van der Waals surface area contributed by atoms with E-state index in [9.17, 15) is 27.9 Å². The van der Waals surface area contributed by atoms with Crippen LogP contribution in [0.2, 0.25) is 0 Å². The van der Waals surface area contributed by atoms with E-state index < -0.39 is 23.8 Å². The number of carbonyl (C=O) groups is 1. The van der Waals surface area contributed by atoms with Gasteiger partial charge in [-0.2, -0.15) is 0 Å². The molecule has 0 saturated heterocycles. The summed E-state index contributed by atoms with van der Waals surface area (Å²) >= 11 is 0. The fourth-order valence-electron chi connectivity index (χ4n) is 3.27. The summed E-state index contributed by atoms with van der Waals surface area (Å²) in [6.07, 6.45) is -4.71. The molecule has 2 aromatic carbocycles. The highest BCUT2D eigenvalue weighted by Gasteiger charge is 2.31. The van der Waals surface area contributed by atoms with Crippen molar-refractivity contribution in [1.82, 2.24) is 10.2 Å². The summed E-state index contributed by atoms with van der Waals surface area (Å²) in [7, 11) is 1.24. The zero-order chi connectivity index (χ0) is 22.6. The number of methoxy groups -OCH3 is 1. The molecule has 0 fully saturated rings. The first-order chi connectivity index (χ1) is 14.7. The van der Waals surface area contributed by atoms with Crippen molar-refractivity contribution in [2.45, 2.75) is 25.1 Å². The molecule has 3 aromatic rings. The normalized spacial score (nSPS) is 12.4. The second-order valence-electron chi connectivity index (χ2n) is 6.76. The number of rotatable bonds is 7. The number of nitrogens with one attached hydrogen (secondary N) is 2. The van der Waals surface area contributed by atoms with E-state index in [1.54, 1.807) is 12.1 Å². The molecule has 1 heterocycles. The number of aromatic nitrogens is 2. The molecule has 1 atom stereocenters. The van der Waals surface area contributed by atoms with Gasteiger partial charge in [0.25, 0.3) is 5.56 Å². The Morgan fingerprint density at radius 1 is 1.06 bits per heavy atom. The van der Waals surface area contributed by atoms with Crippen LogP contribution in [0.1, 0.15) is 34.7 Å². The number of esters is 1. The number of hydrogen-bond acceptors (Lipinski definition) is 5. The van der Waals surface area contributed by atoms with Gasteiger partial charge in [-0.1, -0.05) is 24.3 Å². The van der Waals surface area contributed by atoms with Gasteiger partial charge in [0.2, 0.25) is 0 Å². The lowest BCUT2D eigenvalue weighted by Crippen LogP contribution is -2.18. The van der Waals surface area contributed by atoms with Gasteiger partial charge in [0.05, 0.1) is 13.5 Å². The van der Waals surface area contributed by atoms with Gasteiger partial charge in [0.1, 0.15) is 11.5 Å². The zero-order valence-electron chi connectivity index (χ0n) is 16.3. The number of benzene rings is 2. The SMILES string of the molecule is COC(=O)CC(c1ccc(O)cc1)c1c(Cc2ccc(OC(F)(F)F)cc2)[nH][nH]c1=O. The van der Waals surface area contributed by atoms with Crippen LogP contribution in [0.4, 0.5) is 13.2 Å². The minimum Gasteiger partial charge on any atom is -0.508 e. The minimum absolute atomic E-state index is 0.0323. The number of H-pyrrole nitrogens is 2. The maximum atomic E-state index is 12.6. The molecular weight excluding hydrogens is 417 g/mol. The highest BCUT2D eigenvalue weighted by Crippen LogP contribution is 2.30. The van der Waals surface area contributed by atoms with Crippen LogP contribution in [-0.4, -0.2) is 34.7 Å².